The van der Waals surface area contributed by atoms with Crippen molar-refractivity contribution in [3.63, 3.8) is 0 Å². The summed E-state index contributed by atoms with van der Waals surface area (Å²) in [5, 5.41) is 9.90. The third kappa shape index (κ3) is 9.38. The van der Waals surface area contributed by atoms with Gasteiger partial charge in [0.1, 0.15) is 17.7 Å². The van der Waals surface area contributed by atoms with Gasteiger partial charge in [0, 0.05) is 0 Å². The van der Waals surface area contributed by atoms with Crippen LogP contribution in [0, 0.1) is 0 Å². The normalized spacial score (nSPS) is 13.2. The molecular formula is C23H36N2O6. The van der Waals surface area contributed by atoms with Crippen molar-refractivity contribution in [1.82, 2.24) is 4.90 Å². The molecule has 8 heteroatoms. The first-order chi connectivity index (χ1) is 14.6. The Labute approximate surface area is 184 Å². The van der Waals surface area contributed by atoms with E-state index in [0.29, 0.717) is 25.8 Å². The van der Waals surface area contributed by atoms with Gasteiger partial charge in [0.05, 0.1) is 6.61 Å². The Hall–Kier alpha value is -2.61. The van der Waals surface area contributed by atoms with Crippen LogP contribution in [0.15, 0.2) is 30.3 Å². The van der Waals surface area contributed by atoms with Gasteiger partial charge in [-0.1, -0.05) is 30.3 Å². The molecule has 2 atom stereocenters. The van der Waals surface area contributed by atoms with Gasteiger partial charge in [-0.3, -0.25) is 4.90 Å². The number of esters is 1. The fourth-order valence-corrected chi connectivity index (χ4v) is 3.21. The van der Waals surface area contributed by atoms with E-state index < -0.39 is 35.7 Å². The number of nitrogens with zero attached hydrogens (tertiary/aromatic N) is 1. The number of unbranched alkanes of at least 4 members (excludes halogenated alkanes) is 1. The van der Waals surface area contributed by atoms with E-state index in [0.717, 1.165) is 10.5 Å². The van der Waals surface area contributed by atoms with Crippen molar-refractivity contribution in [2.75, 3.05) is 13.2 Å². The van der Waals surface area contributed by atoms with Gasteiger partial charge in [-0.25, -0.2) is 14.4 Å². The van der Waals surface area contributed by atoms with E-state index in [1.165, 1.54) is 0 Å². The molecule has 0 aliphatic heterocycles. The Balaban J connectivity index is 3.29. The quantitative estimate of drug-likeness (QED) is 0.381. The van der Waals surface area contributed by atoms with E-state index in [2.05, 4.69) is 0 Å². The minimum absolute atomic E-state index is 0.119. The Morgan fingerprint density at radius 3 is 2.23 bits per heavy atom. The topological polar surface area (TPSA) is 119 Å². The molecule has 3 N–H and O–H groups in total. The third-order valence-corrected chi connectivity index (χ3v) is 4.60. The summed E-state index contributed by atoms with van der Waals surface area (Å²) in [6, 6.07) is 7.16. The number of hydrogen-bond donors (Lipinski definition) is 2. The summed E-state index contributed by atoms with van der Waals surface area (Å²) < 4.78 is 10.7. The van der Waals surface area contributed by atoms with E-state index in [4.69, 9.17) is 15.2 Å². The van der Waals surface area contributed by atoms with Crippen molar-refractivity contribution in [2.45, 2.75) is 77.5 Å². The third-order valence-electron chi connectivity index (χ3n) is 4.60. The van der Waals surface area contributed by atoms with Crippen molar-refractivity contribution in [3.05, 3.63) is 35.9 Å². The summed E-state index contributed by atoms with van der Waals surface area (Å²) in [5.41, 5.74) is 5.66. The second kappa shape index (κ2) is 12.9. The highest BCUT2D eigenvalue weighted by Gasteiger charge is 2.41. The summed E-state index contributed by atoms with van der Waals surface area (Å²) in [4.78, 5) is 39.1. The maximum atomic E-state index is 13.1. The highest BCUT2D eigenvalue weighted by molar-refractivity contribution is 5.86. The van der Waals surface area contributed by atoms with Gasteiger partial charge in [0.15, 0.2) is 0 Å². The molecule has 0 aliphatic rings. The largest absolute Gasteiger partial charge is 0.480 e. The molecule has 0 unspecified atom stereocenters. The van der Waals surface area contributed by atoms with Gasteiger partial charge in [-0.05, 0) is 71.9 Å². The molecule has 0 aromatic heterocycles. The Morgan fingerprint density at radius 1 is 1.06 bits per heavy atom. The molecule has 174 valence electrons. The van der Waals surface area contributed by atoms with Gasteiger partial charge < -0.3 is 20.3 Å². The maximum Gasteiger partial charge on any atom is 0.411 e. The molecule has 0 spiro atoms. The van der Waals surface area contributed by atoms with E-state index in [-0.39, 0.29) is 19.4 Å². The molecule has 0 radical (unpaired) electrons. The molecular weight excluding hydrogens is 400 g/mol. The van der Waals surface area contributed by atoms with Crippen LogP contribution in [0.1, 0.15) is 58.9 Å². The maximum absolute atomic E-state index is 13.1. The van der Waals surface area contributed by atoms with Crippen LogP contribution >= 0.6 is 0 Å². The summed E-state index contributed by atoms with van der Waals surface area (Å²) in [5.74, 6) is -1.84. The van der Waals surface area contributed by atoms with Crippen LogP contribution in [0.5, 0.6) is 0 Å². The number of hydrogen-bond acceptors (Lipinski definition) is 6. The number of ether oxygens (including phenoxy) is 2. The first-order valence-electron chi connectivity index (χ1n) is 10.8. The highest BCUT2D eigenvalue weighted by atomic mass is 16.6. The summed E-state index contributed by atoms with van der Waals surface area (Å²) in [7, 11) is 0. The van der Waals surface area contributed by atoms with Crippen LogP contribution in [0.3, 0.4) is 0 Å². The number of rotatable bonds is 12. The Kier molecular flexibility index (Phi) is 11.0. The molecule has 0 fully saturated rings. The van der Waals surface area contributed by atoms with E-state index in [9.17, 15) is 19.5 Å². The minimum atomic E-state index is -1.23. The lowest BCUT2D eigenvalue weighted by molar-refractivity contribution is -0.154. The zero-order valence-corrected chi connectivity index (χ0v) is 19.0. The first kappa shape index (κ1) is 26.4. The second-order valence-electron chi connectivity index (χ2n) is 8.32. The number of carbonyl (C=O) groups is 3. The number of benzene rings is 1. The molecule has 1 rings (SSSR count). The van der Waals surface area contributed by atoms with Gasteiger partial charge in [0.2, 0.25) is 0 Å². The van der Waals surface area contributed by atoms with Crippen LogP contribution in [0.4, 0.5) is 4.79 Å². The SMILES string of the molecule is CCOC(=O)[C@H](CCc1ccccc1)N(C(=O)OC(C)(C)C)[C@@H](CCCCN)C(=O)O. The fraction of sp³-hybridized carbons (Fsp3) is 0.609. The van der Waals surface area contributed by atoms with Gasteiger partial charge in [-0.15, -0.1) is 0 Å². The monoisotopic (exact) mass is 436 g/mol. The van der Waals surface area contributed by atoms with E-state index in [1.54, 1.807) is 27.7 Å². The molecule has 0 bridgehead atoms. The van der Waals surface area contributed by atoms with Gasteiger partial charge in [-0.2, -0.15) is 0 Å². The highest BCUT2D eigenvalue weighted by Crippen LogP contribution is 2.22. The van der Waals surface area contributed by atoms with Crippen molar-refractivity contribution < 1.29 is 29.0 Å². The van der Waals surface area contributed by atoms with E-state index in [1.807, 2.05) is 30.3 Å². The second-order valence-corrected chi connectivity index (χ2v) is 8.32. The molecule has 0 saturated carbocycles. The Morgan fingerprint density at radius 2 is 1.71 bits per heavy atom. The molecule has 0 saturated heterocycles. The Bertz CT molecular complexity index is 702. The lowest BCUT2D eigenvalue weighted by Crippen LogP contribution is -2.55. The fourth-order valence-electron chi connectivity index (χ4n) is 3.21. The number of aryl methyl sites for hydroxylation is 1. The van der Waals surface area contributed by atoms with Crippen molar-refractivity contribution in [2.24, 2.45) is 5.73 Å². The number of carbonyl (C=O) groups excluding carboxylic acids is 2. The molecule has 31 heavy (non-hydrogen) atoms. The number of carboxylic acid groups (broad SMARTS) is 1. The zero-order chi connectivity index (χ0) is 23.4. The first-order valence-corrected chi connectivity index (χ1v) is 10.8. The molecule has 1 aromatic rings. The average Bonchev–Trinajstić information content (AvgIpc) is 2.68. The summed E-state index contributed by atoms with van der Waals surface area (Å²) >= 11 is 0. The molecule has 1 amide bonds. The number of amides is 1. The van der Waals surface area contributed by atoms with Crippen LogP contribution in [0.2, 0.25) is 0 Å². The number of nitrogens with two attached hydrogens (primary N) is 1. The summed E-state index contributed by atoms with van der Waals surface area (Å²) in [6.45, 7) is 7.27. The van der Waals surface area contributed by atoms with Crippen molar-refractivity contribution >= 4 is 18.0 Å². The van der Waals surface area contributed by atoms with Gasteiger partial charge >= 0.3 is 18.0 Å². The average molecular weight is 437 g/mol. The lowest BCUT2D eigenvalue weighted by Gasteiger charge is -2.36. The van der Waals surface area contributed by atoms with Crippen LogP contribution in [-0.2, 0) is 25.5 Å². The molecule has 8 nitrogen and oxygen atoms in total. The molecule has 1 aromatic carbocycles. The van der Waals surface area contributed by atoms with Crippen molar-refractivity contribution in [3.8, 4) is 0 Å². The van der Waals surface area contributed by atoms with Crippen LogP contribution in [-0.4, -0.2) is 58.9 Å². The van der Waals surface area contributed by atoms with E-state index >= 15 is 0 Å². The lowest BCUT2D eigenvalue weighted by atomic mass is 10.0. The molecule has 0 heterocycles. The van der Waals surface area contributed by atoms with Crippen LogP contribution < -0.4 is 5.73 Å². The number of aliphatic carboxylic acids is 1. The minimum Gasteiger partial charge on any atom is -0.480 e. The predicted octanol–water partition coefficient (Wildman–Crippen LogP) is 3.37. The standard InChI is InChI=1S/C23H36N2O6/c1-5-30-21(28)19(15-14-17-11-7-6-8-12-17)25(22(29)31-23(2,3)4)18(20(26)27)13-9-10-16-24/h6-8,11-12,18-19H,5,9-10,13-16,24H2,1-4H3,(H,26,27)/t18-,19-/m0/s1. The summed E-state index contributed by atoms with van der Waals surface area (Å²) in [6.07, 6.45) is 1.11. The smallest absolute Gasteiger partial charge is 0.411 e. The van der Waals surface area contributed by atoms with Gasteiger partial charge in [0.25, 0.3) is 0 Å². The van der Waals surface area contributed by atoms with Crippen molar-refractivity contribution in [1.29, 1.82) is 0 Å². The van der Waals surface area contributed by atoms with Crippen LogP contribution in [0.25, 0.3) is 0 Å². The number of carboxylic acids is 1. The molecule has 0 aliphatic carbocycles. The zero-order valence-electron chi connectivity index (χ0n) is 19.0. The predicted molar refractivity (Wildman–Crippen MR) is 118 cm³/mol.